The second-order valence-electron chi connectivity index (χ2n) is 6.98. The Morgan fingerprint density at radius 2 is 1.55 bits per heavy atom. The first kappa shape index (κ1) is 23.4. The van der Waals surface area contributed by atoms with Gasteiger partial charge in [0.25, 0.3) is 0 Å². The van der Waals surface area contributed by atoms with Crippen molar-refractivity contribution in [2.24, 2.45) is 22.2 Å². The molecule has 3 amide bonds. The highest BCUT2D eigenvalue weighted by atomic mass is 16.2. The highest BCUT2D eigenvalue weighted by molar-refractivity contribution is 5.90. The molecule has 0 aliphatic rings. The predicted molar refractivity (Wildman–Crippen MR) is 120 cm³/mol. The van der Waals surface area contributed by atoms with Gasteiger partial charge in [-0.3, -0.25) is 19.4 Å². The van der Waals surface area contributed by atoms with Gasteiger partial charge >= 0.3 is 0 Å². The monoisotopic (exact) mass is 424 g/mol. The number of carbonyl (C=O) groups excluding carboxylic acids is 3. The van der Waals surface area contributed by atoms with E-state index in [-0.39, 0.29) is 31.3 Å². The SMILES string of the molecule is NC(=O)CNC(=O)C(Cc1ccc(-c2ccccc2)cc1)NC(=O)CCCN=C(N)N. The smallest absolute Gasteiger partial charge is 0.243 e. The number of hydrogen-bond acceptors (Lipinski definition) is 4. The van der Waals surface area contributed by atoms with Crippen molar-refractivity contribution >= 4 is 23.7 Å². The average Bonchev–Trinajstić information content (AvgIpc) is 2.75. The van der Waals surface area contributed by atoms with Crippen LogP contribution in [0.4, 0.5) is 0 Å². The Morgan fingerprint density at radius 1 is 0.903 bits per heavy atom. The number of rotatable bonds is 11. The maximum absolute atomic E-state index is 12.5. The topological polar surface area (TPSA) is 166 Å². The van der Waals surface area contributed by atoms with E-state index in [2.05, 4.69) is 15.6 Å². The van der Waals surface area contributed by atoms with Crippen molar-refractivity contribution in [3.05, 3.63) is 60.2 Å². The Balaban J connectivity index is 2.03. The lowest BCUT2D eigenvalue weighted by molar-refractivity contribution is -0.130. The minimum Gasteiger partial charge on any atom is -0.370 e. The van der Waals surface area contributed by atoms with E-state index in [1.807, 2.05) is 54.6 Å². The summed E-state index contributed by atoms with van der Waals surface area (Å²) in [5, 5.41) is 5.15. The minimum atomic E-state index is -0.850. The average molecular weight is 425 g/mol. The molecule has 0 bridgehead atoms. The van der Waals surface area contributed by atoms with Gasteiger partial charge in [-0.2, -0.15) is 0 Å². The molecule has 0 aliphatic carbocycles. The second kappa shape index (κ2) is 12.0. The van der Waals surface area contributed by atoms with Gasteiger partial charge in [-0.1, -0.05) is 54.6 Å². The number of carbonyl (C=O) groups is 3. The van der Waals surface area contributed by atoms with Gasteiger partial charge in [-0.25, -0.2) is 0 Å². The summed E-state index contributed by atoms with van der Waals surface area (Å²) in [4.78, 5) is 39.6. The molecule has 1 atom stereocenters. The number of guanidine groups is 1. The van der Waals surface area contributed by atoms with E-state index in [0.29, 0.717) is 13.0 Å². The van der Waals surface area contributed by atoms with Crippen molar-refractivity contribution in [3.63, 3.8) is 0 Å². The minimum absolute atomic E-state index is 0.0388. The van der Waals surface area contributed by atoms with Gasteiger partial charge in [0, 0.05) is 19.4 Å². The lowest BCUT2D eigenvalue weighted by Gasteiger charge is -2.18. The summed E-state index contributed by atoms with van der Waals surface area (Å²) in [5.74, 6) is -1.50. The van der Waals surface area contributed by atoms with Crippen molar-refractivity contribution < 1.29 is 14.4 Å². The van der Waals surface area contributed by atoms with Gasteiger partial charge in [0.05, 0.1) is 6.54 Å². The van der Waals surface area contributed by atoms with Crippen LogP contribution in [0.3, 0.4) is 0 Å². The number of primary amides is 1. The largest absolute Gasteiger partial charge is 0.370 e. The summed E-state index contributed by atoms with van der Waals surface area (Å²) < 4.78 is 0. The van der Waals surface area contributed by atoms with Gasteiger partial charge in [0.15, 0.2) is 5.96 Å². The molecule has 164 valence electrons. The number of nitrogens with one attached hydrogen (secondary N) is 2. The van der Waals surface area contributed by atoms with Crippen LogP contribution in [0.5, 0.6) is 0 Å². The van der Waals surface area contributed by atoms with Gasteiger partial charge in [-0.15, -0.1) is 0 Å². The van der Waals surface area contributed by atoms with Crippen molar-refractivity contribution in [2.75, 3.05) is 13.1 Å². The van der Waals surface area contributed by atoms with Crippen LogP contribution in [0, 0.1) is 0 Å². The van der Waals surface area contributed by atoms with Gasteiger partial charge in [-0.05, 0) is 23.1 Å². The molecule has 0 saturated carbocycles. The molecule has 0 aromatic heterocycles. The molecule has 31 heavy (non-hydrogen) atoms. The molecule has 2 rings (SSSR count). The normalized spacial score (nSPS) is 11.2. The quantitative estimate of drug-likeness (QED) is 0.195. The summed E-state index contributed by atoms with van der Waals surface area (Å²) in [6.45, 7) is 0.0118. The zero-order valence-corrected chi connectivity index (χ0v) is 17.2. The molecule has 0 fully saturated rings. The molecule has 2 aromatic carbocycles. The molecule has 0 spiro atoms. The first-order valence-corrected chi connectivity index (χ1v) is 9.90. The summed E-state index contributed by atoms with van der Waals surface area (Å²) in [5.41, 5.74) is 18.6. The van der Waals surface area contributed by atoms with Crippen molar-refractivity contribution in [1.29, 1.82) is 0 Å². The highest BCUT2D eigenvalue weighted by Crippen LogP contribution is 2.19. The van der Waals surface area contributed by atoms with Gasteiger partial charge < -0.3 is 27.8 Å². The number of amides is 3. The first-order valence-electron chi connectivity index (χ1n) is 9.90. The van der Waals surface area contributed by atoms with Crippen LogP contribution in [0.1, 0.15) is 18.4 Å². The predicted octanol–water partition coefficient (Wildman–Crippen LogP) is 0.0360. The maximum atomic E-state index is 12.5. The van der Waals surface area contributed by atoms with Crippen LogP contribution >= 0.6 is 0 Å². The van der Waals surface area contributed by atoms with Crippen molar-refractivity contribution in [3.8, 4) is 11.1 Å². The summed E-state index contributed by atoms with van der Waals surface area (Å²) in [6.07, 6.45) is 0.855. The standard InChI is InChI=1S/C22H28N6O3/c23-19(29)14-27-21(31)18(28-20(30)7-4-12-26-22(24)25)13-15-8-10-17(11-9-15)16-5-2-1-3-6-16/h1-3,5-6,8-11,18H,4,7,12-14H2,(H2,23,29)(H,27,31)(H,28,30)(H4,24,25,26). The fourth-order valence-corrected chi connectivity index (χ4v) is 2.92. The molecule has 9 heteroatoms. The second-order valence-corrected chi connectivity index (χ2v) is 6.98. The zero-order valence-electron chi connectivity index (χ0n) is 17.2. The maximum Gasteiger partial charge on any atom is 0.243 e. The molecule has 0 saturated heterocycles. The van der Waals surface area contributed by atoms with Crippen LogP contribution in [-0.2, 0) is 20.8 Å². The molecule has 2 aromatic rings. The molecule has 8 N–H and O–H groups in total. The lowest BCUT2D eigenvalue weighted by atomic mass is 10.00. The van der Waals surface area contributed by atoms with E-state index in [4.69, 9.17) is 17.2 Å². The van der Waals surface area contributed by atoms with E-state index in [0.717, 1.165) is 16.7 Å². The molecule has 9 nitrogen and oxygen atoms in total. The Kier molecular flexibility index (Phi) is 9.03. The Morgan fingerprint density at radius 3 is 2.16 bits per heavy atom. The third-order valence-electron chi connectivity index (χ3n) is 4.45. The van der Waals surface area contributed by atoms with Crippen LogP contribution in [0.25, 0.3) is 11.1 Å². The van der Waals surface area contributed by atoms with Crippen LogP contribution in [0.15, 0.2) is 59.6 Å². The number of nitrogens with zero attached hydrogens (tertiary/aromatic N) is 1. The number of nitrogens with two attached hydrogens (primary N) is 3. The van der Waals surface area contributed by atoms with Gasteiger partial charge in [0.2, 0.25) is 17.7 Å². The number of hydrogen-bond donors (Lipinski definition) is 5. The first-order chi connectivity index (χ1) is 14.8. The van der Waals surface area contributed by atoms with Crippen molar-refractivity contribution in [1.82, 2.24) is 10.6 Å². The fourth-order valence-electron chi connectivity index (χ4n) is 2.92. The van der Waals surface area contributed by atoms with E-state index in [9.17, 15) is 14.4 Å². The summed E-state index contributed by atoms with van der Waals surface area (Å²) >= 11 is 0. The van der Waals surface area contributed by atoms with Crippen LogP contribution < -0.4 is 27.8 Å². The third kappa shape index (κ3) is 8.57. The Hall–Kier alpha value is -3.88. The van der Waals surface area contributed by atoms with Crippen LogP contribution in [-0.4, -0.2) is 42.8 Å². The van der Waals surface area contributed by atoms with Crippen LogP contribution in [0.2, 0.25) is 0 Å². The number of benzene rings is 2. The molecular weight excluding hydrogens is 396 g/mol. The van der Waals surface area contributed by atoms with Gasteiger partial charge in [0.1, 0.15) is 6.04 Å². The lowest BCUT2D eigenvalue weighted by Crippen LogP contribution is -2.49. The third-order valence-corrected chi connectivity index (χ3v) is 4.45. The summed E-state index contributed by atoms with van der Waals surface area (Å²) in [7, 11) is 0. The van der Waals surface area contributed by atoms with E-state index >= 15 is 0 Å². The molecule has 0 heterocycles. The molecule has 0 aliphatic heterocycles. The summed E-state index contributed by atoms with van der Waals surface area (Å²) in [6, 6.07) is 16.8. The highest BCUT2D eigenvalue weighted by Gasteiger charge is 2.21. The molecular formula is C22H28N6O3. The van der Waals surface area contributed by atoms with E-state index in [1.54, 1.807) is 0 Å². The van der Waals surface area contributed by atoms with E-state index in [1.165, 1.54) is 0 Å². The molecule has 1 unspecified atom stereocenters. The van der Waals surface area contributed by atoms with Crippen molar-refractivity contribution in [2.45, 2.75) is 25.3 Å². The molecule has 0 radical (unpaired) electrons. The Labute approximate surface area is 181 Å². The Bertz CT molecular complexity index is 909. The zero-order chi connectivity index (χ0) is 22.6. The fraction of sp³-hybridized carbons (Fsp3) is 0.273. The van der Waals surface area contributed by atoms with E-state index < -0.39 is 17.9 Å². The number of aliphatic imine (C=N–C) groups is 1.